The lowest BCUT2D eigenvalue weighted by molar-refractivity contribution is 1.23. The summed E-state index contributed by atoms with van der Waals surface area (Å²) in [6.07, 6.45) is 0. The van der Waals surface area contributed by atoms with E-state index in [1.807, 2.05) is 12.0 Å². The maximum Gasteiger partial charge on any atom is 0.0918 e. The molecule has 2 rings (SSSR count). The molecule has 0 spiro atoms. The van der Waals surface area contributed by atoms with Crippen molar-refractivity contribution in [1.29, 1.82) is 10.8 Å². The number of hydrogen-bond donors (Lipinski definition) is 2. The lowest BCUT2D eigenvalue weighted by atomic mass is 10.3. The van der Waals surface area contributed by atoms with Crippen LogP contribution in [0.25, 0.3) is 0 Å². The highest BCUT2D eigenvalue weighted by Gasteiger charge is 1.93. The molecule has 0 aliphatic rings. The van der Waals surface area contributed by atoms with Gasteiger partial charge in [0.1, 0.15) is 0 Å². The molecule has 0 atom stereocenters. The number of azo groups is 1. The number of rotatable bonds is 4. The van der Waals surface area contributed by atoms with Gasteiger partial charge < -0.3 is 0 Å². The van der Waals surface area contributed by atoms with Crippen LogP contribution in [0.3, 0.4) is 0 Å². The Hall–Kier alpha value is -3.20. The van der Waals surface area contributed by atoms with Gasteiger partial charge in [0.25, 0.3) is 0 Å². The summed E-state index contributed by atoms with van der Waals surface area (Å²) >= 11 is 0. The van der Waals surface area contributed by atoms with Crippen LogP contribution >= 0.6 is 0 Å². The average molecular weight is 262 g/mol. The summed E-state index contributed by atoms with van der Waals surface area (Å²) in [4.78, 5) is 7.41. The second-order valence-electron chi connectivity index (χ2n) is 3.68. The van der Waals surface area contributed by atoms with Gasteiger partial charge in [0.15, 0.2) is 0 Å². The van der Waals surface area contributed by atoms with Crippen molar-refractivity contribution in [3.63, 3.8) is 0 Å². The van der Waals surface area contributed by atoms with Crippen LogP contribution in [0.2, 0.25) is 0 Å². The molecule has 2 aromatic carbocycles. The first-order chi connectivity index (χ1) is 9.81. The zero-order valence-electron chi connectivity index (χ0n) is 10.4. The van der Waals surface area contributed by atoms with Gasteiger partial charge in [0, 0.05) is 0 Å². The summed E-state index contributed by atoms with van der Waals surface area (Å²) in [5.41, 5.74) is 2.67. The Balaban J connectivity index is 2.12. The molecule has 0 saturated heterocycles. The molecule has 0 amide bonds. The van der Waals surface area contributed by atoms with Gasteiger partial charge in [-0.1, -0.05) is 0 Å². The summed E-state index contributed by atoms with van der Waals surface area (Å²) in [7, 11) is 0. The van der Waals surface area contributed by atoms with E-state index in [1.165, 1.54) is 0 Å². The Labute approximate surface area is 115 Å². The first kappa shape index (κ1) is 13.2. The van der Waals surface area contributed by atoms with E-state index in [4.69, 9.17) is 10.8 Å². The van der Waals surface area contributed by atoms with Crippen molar-refractivity contribution < 1.29 is 0 Å². The third-order valence-corrected chi connectivity index (χ3v) is 2.35. The van der Waals surface area contributed by atoms with Gasteiger partial charge in [-0.25, -0.2) is 10.8 Å². The minimum atomic E-state index is 0.646. The van der Waals surface area contributed by atoms with E-state index in [0.717, 1.165) is 0 Å². The highest BCUT2D eigenvalue weighted by Crippen LogP contribution is 2.22. The molecule has 96 valence electrons. The Bertz CT molecular complexity index is 639. The minimum absolute atomic E-state index is 0.646. The van der Waals surface area contributed by atoms with Crippen LogP contribution in [0.15, 0.2) is 68.7 Å². The summed E-state index contributed by atoms with van der Waals surface area (Å²) in [6.45, 7) is 0. The van der Waals surface area contributed by atoms with E-state index in [1.54, 1.807) is 48.5 Å². The lowest BCUT2D eigenvalue weighted by Gasteiger charge is -1.95. The van der Waals surface area contributed by atoms with Crippen LogP contribution in [-0.4, -0.2) is 12.0 Å². The average Bonchev–Trinajstić information content (AvgIpc) is 2.49. The standard InChI is InChI=1S/C14H10N6/c15-9-17-11-1-5-13(6-2-11)19-20-14-7-3-12(4-8-14)18-10-16/h1-8,15-16H. The van der Waals surface area contributed by atoms with Crippen molar-refractivity contribution in [1.82, 2.24) is 0 Å². The van der Waals surface area contributed by atoms with E-state index in [2.05, 4.69) is 20.2 Å². The lowest BCUT2D eigenvalue weighted by Crippen LogP contribution is -1.66. The van der Waals surface area contributed by atoms with Crippen LogP contribution in [0.5, 0.6) is 0 Å². The van der Waals surface area contributed by atoms with Gasteiger partial charge in [-0.15, -0.1) is 0 Å². The molecule has 0 saturated carbocycles. The molecular weight excluding hydrogens is 252 g/mol. The molecule has 6 heteroatoms. The third kappa shape index (κ3) is 3.65. The molecule has 0 aliphatic carbocycles. The zero-order chi connectivity index (χ0) is 14.2. The van der Waals surface area contributed by atoms with Crippen molar-refractivity contribution in [3.05, 3.63) is 48.5 Å². The Morgan fingerprint density at radius 2 is 0.850 bits per heavy atom. The molecule has 0 aliphatic heterocycles. The van der Waals surface area contributed by atoms with Crippen LogP contribution in [0.4, 0.5) is 22.7 Å². The van der Waals surface area contributed by atoms with Crippen molar-refractivity contribution in [2.45, 2.75) is 0 Å². The molecule has 2 N–H and O–H groups in total. The van der Waals surface area contributed by atoms with Crippen LogP contribution in [0, 0.1) is 10.8 Å². The van der Waals surface area contributed by atoms with E-state index in [0.29, 0.717) is 22.7 Å². The van der Waals surface area contributed by atoms with Gasteiger partial charge in [-0.3, -0.25) is 0 Å². The molecule has 0 radical (unpaired) electrons. The zero-order valence-corrected chi connectivity index (χ0v) is 10.4. The summed E-state index contributed by atoms with van der Waals surface area (Å²) < 4.78 is 0. The largest absolute Gasteiger partial charge is 0.241 e. The van der Waals surface area contributed by atoms with Crippen LogP contribution in [0.1, 0.15) is 0 Å². The van der Waals surface area contributed by atoms with Gasteiger partial charge in [0.05, 0.1) is 34.8 Å². The second kappa shape index (κ2) is 6.66. The highest BCUT2D eigenvalue weighted by atomic mass is 15.1. The molecule has 2 aromatic rings. The molecule has 20 heavy (non-hydrogen) atoms. The predicted octanol–water partition coefficient (Wildman–Crippen LogP) is 4.87. The fourth-order valence-corrected chi connectivity index (χ4v) is 1.43. The Morgan fingerprint density at radius 3 is 1.15 bits per heavy atom. The number of benzene rings is 2. The molecule has 6 nitrogen and oxygen atoms in total. The maximum atomic E-state index is 6.75. The quantitative estimate of drug-likeness (QED) is 0.580. The monoisotopic (exact) mass is 262 g/mol. The topological polar surface area (TPSA) is 97.1 Å². The smallest absolute Gasteiger partial charge is 0.0918 e. The highest BCUT2D eigenvalue weighted by molar-refractivity contribution is 5.55. The van der Waals surface area contributed by atoms with Gasteiger partial charge in [-0.2, -0.15) is 20.2 Å². The predicted molar refractivity (Wildman–Crippen MR) is 76.7 cm³/mol. The summed E-state index contributed by atoms with van der Waals surface area (Å²) in [5, 5.41) is 21.7. The maximum absolute atomic E-state index is 6.75. The van der Waals surface area contributed by atoms with E-state index in [9.17, 15) is 0 Å². The number of hydrogen-bond acceptors (Lipinski definition) is 6. The van der Waals surface area contributed by atoms with Crippen molar-refractivity contribution in [2.24, 2.45) is 20.2 Å². The van der Waals surface area contributed by atoms with Crippen molar-refractivity contribution in [3.8, 4) is 0 Å². The molecule has 0 fully saturated rings. The fourth-order valence-electron chi connectivity index (χ4n) is 1.43. The van der Waals surface area contributed by atoms with E-state index in [-0.39, 0.29) is 0 Å². The SMILES string of the molecule is N=C=Nc1ccc(N=Nc2ccc(N=C=N)cc2)cc1. The second-order valence-corrected chi connectivity index (χ2v) is 3.68. The molecule has 0 bridgehead atoms. The van der Waals surface area contributed by atoms with E-state index < -0.39 is 0 Å². The van der Waals surface area contributed by atoms with Gasteiger partial charge in [0.2, 0.25) is 0 Å². The molecule has 0 unspecified atom stereocenters. The number of aliphatic imine (C=N–C) groups is 2. The summed E-state index contributed by atoms with van der Waals surface area (Å²) in [6, 6.07) is 17.9. The fraction of sp³-hybridized carbons (Fsp3) is 0. The van der Waals surface area contributed by atoms with Crippen molar-refractivity contribution >= 4 is 34.8 Å². The first-order valence-corrected chi connectivity index (χ1v) is 5.68. The summed E-state index contributed by atoms with van der Waals surface area (Å²) in [5.74, 6) is 0. The van der Waals surface area contributed by atoms with Gasteiger partial charge in [-0.05, 0) is 48.5 Å². The Kier molecular flexibility index (Phi) is 4.41. The number of nitrogens with zero attached hydrogens (tertiary/aromatic N) is 4. The third-order valence-electron chi connectivity index (χ3n) is 2.35. The minimum Gasteiger partial charge on any atom is -0.241 e. The molecule has 0 aromatic heterocycles. The Morgan fingerprint density at radius 1 is 0.550 bits per heavy atom. The molecule has 0 heterocycles. The normalized spacial score (nSPS) is 9.80. The van der Waals surface area contributed by atoms with Crippen LogP contribution < -0.4 is 0 Å². The van der Waals surface area contributed by atoms with Gasteiger partial charge >= 0.3 is 0 Å². The van der Waals surface area contributed by atoms with Crippen LogP contribution in [-0.2, 0) is 0 Å². The first-order valence-electron chi connectivity index (χ1n) is 5.68. The number of nitrogens with one attached hydrogen (secondary N) is 2. The van der Waals surface area contributed by atoms with Crippen molar-refractivity contribution in [2.75, 3.05) is 0 Å². The molecular formula is C14H10N6. The van der Waals surface area contributed by atoms with E-state index >= 15 is 0 Å².